The van der Waals surface area contributed by atoms with Crippen molar-refractivity contribution in [1.29, 1.82) is 0 Å². The predicted molar refractivity (Wildman–Crippen MR) is 63.1 cm³/mol. The van der Waals surface area contributed by atoms with E-state index in [4.69, 9.17) is 4.74 Å². The number of hydrogen-bond donors (Lipinski definition) is 0. The van der Waals surface area contributed by atoms with Gasteiger partial charge in [0.25, 0.3) is 0 Å². The zero-order valence-corrected chi connectivity index (χ0v) is 10.9. The molecule has 0 aliphatic heterocycles. The molecule has 0 aliphatic rings. The van der Waals surface area contributed by atoms with Gasteiger partial charge in [0.1, 0.15) is 18.1 Å². The van der Waals surface area contributed by atoms with Crippen LogP contribution in [-0.4, -0.2) is 18.8 Å². The first-order valence-electron chi connectivity index (χ1n) is 5.60. The minimum Gasteiger partial charge on any atom is -0.486 e. The molecule has 1 aromatic carbocycles. The Kier molecular flexibility index (Phi) is 4.44. The summed E-state index contributed by atoms with van der Waals surface area (Å²) in [6.07, 6.45) is -4.72. The molecule has 0 fully saturated rings. The molecule has 0 spiro atoms. The van der Waals surface area contributed by atoms with Crippen molar-refractivity contribution in [2.75, 3.05) is 6.61 Å². The molecule has 3 nitrogen and oxygen atoms in total. The molecule has 0 aromatic heterocycles. The second-order valence-electron chi connectivity index (χ2n) is 4.98. The third kappa shape index (κ3) is 5.63. The molecule has 0 atom stereocenters. The number of Topliss-reactive ketones (excluding diaryl/α,β-unsaturated/α-hetero) is 1. The van der Waals surface area contributed by atoms with Crippen molar-refractivity contribution >= 4 is 5.78 Å². The average molecular weight is 276 g/mol. The standard InChI is InChI=1S/C13H15F3O3/c1-12(2,3)11(17)8-18-9-4-6-10(7-5-9)19-13(14,15)16/h4-7H,8H2,1-3H3. The van der Waals surface area contributed by atoms with Gasteiger partial charge in [-0.2, -0.15) is 0 Å². The van der Waals surface area contributed by atoms with Gasteiger partial charge in [0.15, 0.2) is 5.78 Å². The third-order valence-electron chi connectivity index (χ3n) is 2.26. The summed E-state index contributed by atoms with van der Waals surface area (Å²) in [6, 6.07) is 4.89. The van der Waals surface area contributed by atoms with Gasteiger partial charge in [-0.3, -0.25) is 4.79 Å². The summed E-state index contributed by atoms with van der Waals surface area (Å²) in [5.74, 6) is -0.114. The summed E-state index contributed by atoms with van der Waals surface area (Å²) in [5.41, 5.74) is -0.515. The van der Waals surface area contributed by atoms with E-state index in [0.29, 0.717) is 5.75 Å². The highest BCUT2D eigenvalue weighted by molar-refractivity contribution is 5.85. The van der Waals surface area contributed by atoms with Crippen molar-refractivity contribution in [2.24, 2.45) is 5.41 Å². The lowest BCUT2D eigenvalue weighted by Gasteiger charge is -2.16. The second kappa shape index (κ2) is 5.50. The summed E-state index contributed by atoms with van der Waals surface area (Å²) >= 11 is 0. The van der Waals surface area contributed by atoms with E-state index < -0.39 is 11.8 Å². The fourth-order valence-electron chi connectivity index (χ4n) is 1.10. The first-order chi connectivity index (χ1) is 8.58. The number of carbonyl (C=O) groups excluding carboxylic acids is 1. The topological polar surface area (TPSA) is 35.5 Å². The summed E-state index contributed by atoms with van der Waals surface area (Å²) in [6.45, 7) is 5.17. The van der Waals surface area contributed by atoms with E-state index in [1.165, 1.54) is 12.1 Å². The second-order valence-corrected chi connectivity index (χ2v) is 4.98. The molecule has 1 aromatic rings. The van der Waals surface area contributed by atoms with Gasteiger partial charge in [0.2, 0.25) is 0 Å². The number of carbonyl (C=O) groups is 1. The van der Waals surface area contributed by atoms with E-state index in [9.17, 15) is 18.0 Å². The fraction of sp³-hybridized carbons (Fsp3) is 0.462. The number of halogens is 3. The lowest BCUT2D eigenvalue weighted by Crippen LogP contribution is -2.26. The van der Waals surface area contributed by atoms with Crippen LogP contribution in [0.5, 0.6) is 11.5 Å². The largest absolute Gasteiger partial charge is 0.573 e. The maximum atomic E-state index is 11.9. The monoisotopic (exact) mass is 276 g/mol. The van der Waals surface area contributed by atoms with Crippen LogP contribution >= 0.6 is 0 Å². The van der Waals surface area contributed by atoms with Crippen molar-refractivity contribution < 1.29 is 27.4 Å². The van der Waals surface area contributed by atoms with Gasteiger partial charge in [0, 0.05) is 5.41 Å². The number of hydrogen-bond acceptors (Lipinski definition) is 3. The Morgan fingerprint density at radius 3 is 1.95 bits per heavy atom. The molecule has 0 heterocycles. The van der Waals surface area contributed by atoms with Crippen LogP contribution in [0, 0.1) is 5.41 Å². The normalized spacial score (nSPS) is 12.1. The van der Waals surface area contributed by atoms with Crippen LogP contribution in [0.25, 0.3) is 0 Å². The number of ketones is 1. The van der Waals surface area contributed by atoms with Crippen molar-refractivity contribution in [3.63, 3.8) is 0 Å². The molecule has 0 bridgehead atoms. The molecule has 0 unspecified atom stereocenters. The Labute approximate surface area is 109 Å². The molecule has 106 valence electrons. The summed E-state index contributed by atoms with van der Waals surface area (Å²) in [5, 5.41) is 0. The van der Waals surface area contributed by atoms with E-state index in [-0.39, 0.29) is 18.1 Å². The Morgan fingerprint density at radius 2 is 1.53 bits per heavy atom. The van der Waals surface area contributed by atoms with Crippen LogP contribution in [0.3, 0.4) is 0 Å². The Hall–Kier alpha value is -1.72. The zero-order valence-electron chi connectivity index (χ0n) is 10.9. The number of rotatable bonds is 4. The van der Waals surface area contributed by atoms with E-state index in [0.717, 1.165) is 12.1 Å². The molecular formula is C13H15F3O3. The lowest BCUT2D eigenvalue weighted by molar-refractivity contribution is -0.274. The fourth-order valence-corrected chi connectivity index (χ4v) is 1.10. The summed E-state index contributed by atoms with van der Waals surface area (Å²) in [7, 11) is 0. The SMILES string of the molecule is CC(C)(C)C(=O)COc1ccc(OC(F)(F)F)cc1. The van der Waals surface area contributed by atoms with Gasteiger partial charge in [-0.25, -0.2) is 0 Å². The number of benzene rings is 1. The number of ether oxygens (including phenoxy) is 2. The quantitative estimate of drug-likeness (QED) is 0.843. The third-order valence-corrected chi connectivity index (χ3v) is 2.26. The van der Waals surface area contributed by atoms with Crippen LogP contribution in [0.2, 0.25) is 0 Å². The van der Waals surface area contributed by atoms with Gasteiger partial charge >= 0.3 is 6.36 Å². The molecule has 0 radical (unpaired) electrons. The highest BCUT2D eigenvalue weighted by Gasteiger charge is 2.31. The molecule has 0 saturated heterocycles. The van der Waals surface area contributed by atoms with Crippen molar-refractivity contribution in [3.05, 3.63) is 24.3 Å². The molecule has 0 N–H and O–H groups in total. The maximum absolute atomic E-state index is 11.9. The highest BCUT2D eigenvalue weighted by atomic mass is 19.4. The maximum Gasteiger partial charge on any atom is 0.573 e. The van der Waals surface area contributed by atoms with Gasteiger partial charge in [-0.1, -0.05) is 20.8 Å². The zero-order chi connectivity index (χ0) is 14.7. The Bertz CT molecular complexity index is 430. The Morgan fingerprint density at radius 1 is 1.05 bits per heavy atom. The Balaban J connectivity index is 2.56. The lowest BCUT2D eigenvalue weighted by atomic mass is 9.91. The first kappa shape index (κ1) is 15.3. The molecule has 0 aliphatic carbocycles. The first-order valence-corrected chi connectivity index (χ1v) is 5.60. The average Bonchev–Trinajstić information content (AvgIpc) is 2.24. The van der Waals surface area contributed by atoms with Crippen LogP contribution < -0.4 is 9.47 Å². The van der Waals surface area contributed by atoms with Gasteiger partial charge < -0.3 is 9.47 Å². The molecule has 0 amide bonds. The van der Waals surface area contributed by atoms with Gasteiger partial charge in [-0.05, 0) is 24.3 Å². The van der Waals surface area contributed by atoms with E-state index in [1.54, 1.807) is 20.8 Å². The summed E-state index contributed by atoms with van der Waals surface area (Å²) in [4.78, 5) is 11.6. The van der Waals surface area contributed by atoms with Crippen molar-refractivity contribution in [3.8, 4) is 11.5 Å². The van der Waals surface area contributed by atoms with Crippen LogP contribution in [0.4, 0.5) is 13.2 Å². The minimum absolute atomic E-state index is 0.0943. The van der Waals surface area contributed by atoms with Crippen molar-refractivity contribution in [1.82, 2.24) is 0 Å². The van der Waals surface area contributed by atoms with E-state index in [1.807, 2.05) is 0 Å². The van der Waals surface area contributed by atoms with Crippen LogP contribution in [0.15, 0.2) is 24.3 Å². The molecule has 1 rings (SSSR count). The van der Waals surface area contributed by atoms with Crippen molar-refractivity contribution in [2.45, 2.75) is 27.1 Å². The van der Waals surface area contributed by atoms with Crippen LogP contribution in [0.1, 0.15) is 20.8 Å². The molecule has 0 saturated carbocycles. The van der Waals surface area contributed by atoms with Gasteiger partial charge in [-0.15, -0.1) is 13.2 Å². The smallest absolute Gasteiger partial charge is 0.486 e. The molecular weight excluding hydrogens is 261 g/mol. The molecule has 6 heteroatoms. The number of alkyl halides is 3. The molecule has 19 heavy (non-hydrogen) atoms. The highest BCUT2D eigenvalue weighted by Crippen LogP contribution is 2.25. The van der Waals surface area contributed by atoms with E-state index >= 15 is 0 Å². The van der Waals surface area contributed by atoms with E-state index in [2.05, 4.69) is 4.74 Å². The predicted octanol–water partition coefficient (Wildman–Crippen LogP) is 3.58. The van der Waals surface area contributed by atoms with Crippen LogP contribution in [-0.2, 0) is 4.79 Å². The van der Waals surface area contributed by atoms with Gasteiger partial charge in [0.05, 0.1) is 0 Å². The minimum atomic E-state index is -4.72. The summed E-state index contributed by atoms with van der Waals surface area (Å²) < 4.78 is 44.7.